The first-order valence-corrected chi connectivity index (χ1v) is 7.28. The first kappa shape index (κ1) is 14.3. The molecule has 1 heterocycles. The Labute approximate surface area is 116 Å². The molecular weight excluding hydrogens is 283 g/mol. The van der Waals surface area contributed by atoms with Gasteiger partial charge in [-0.2, -0.15) is 5.10 Å². The van der Waals surface area contributed by atoms with E-state index in [1.807, 2.05) is 0 Å². The van der Waals surface area contributed by atoms with Crippen molar-refractivity contribution < 1.29 is 12.8 Å². The second kappa shape index (κ2) is 4.78. The van der Waals surface area contributed by atoms with Gasteiger partial charge in [-0.1, -0.05) is 0 Å². The summed E-state index contributed by atoms with van der Waals surface area (Å²) in [6.07, 6.45) is 0. The molecule has 0 aliphatic carbocycles. The van der Waals surface area contributed by atoms with E-state index in [2.05, 4.69) is 9.82 Å². The molecule has 0 fully saturated rings. The number of nitrogens with zero attached hydrogens (tertiary/aromatic N) is 2. The van der Waals surface area contributed by atoms with Crippen molar-refractivity contribution in [2.45, 2.75) is 18.7 Å². The highest BCUT2D eigenvalue weighted by Gasteiger charge is 2.22. The van der Waals surface area contributed by atoms with Crippen LogP contribution < -0.4 is 10.5 Å². The number of nitrogens with one attached hydrogen (secondary N) is 1. The maximum absolute atomic E-state index is 13.7. The lowest BCUT2D eigenvalue weighted by molar-refractivity contribution is 0.570. The fraction of sp³-hybridized carbons (Fsp3) is 0.250. The summed E-state index contributed by atoms with van der Waals surface area (Å²) in [5.74, 6) is -0.856. The summed E-state index contributed by atoms with van der Waals surface area (Å²) in [6.45, 7) is 3.38. The molecule has 0 radical (unpaired) electrons. The van der Waals surface area contributed by atoms with Crippen molar-refractivity contribution in [2.24, 2.45) is 7.05 Å². The molecule has 0 spiro atoms. The molecule has 0 saturated carbocycles. The van der Waals surface area contributed by atoms with E-state index in [-0.39, 0.29) is 5.69 Å². The van der Waals surface area contributed by atoms with Gasteiger partial charge in [0.2, 0.25) is 0 Å². The average molecular weight is 298 g/mol. The van der Waals surface area contributed by atoms with Crippen LogP contribution in [-0.2, 0) is 17.1 Å². The molecule has 0 aliphatic rings. The number of anilines is 2. The first-order valence-electron chi connectivity index (χ1n) is 5.80. The number of hydrogen-bond donors (Lipinski definition) is 2. The van der Waals surface area contributed by atoms with Crippen molar-refractivity contribution in [3.8, 4) is 0 Å². The van der Waals surface area contributed by atoms with E-state index in [9.17, 15) is 12.8 Å². The Morgan fingerprint density at radius 3 is 2.55 bits per heavy atom. The maximum atomic E-state index is 13.7. The minimum absolute atomic E-state index is 0.173. The minimum Gasteiger partial charge on any atom is -0.399 e. The Balaban J connectivity index is 2.49. The van der Waals surface area contributed by atoms with Crippen LogP contribution in [0.2, 0.25) is 0 Å². The van der Waals surface area contributed by atoms with Gasteiger partial charge in [-0.15, -0.1) is 0 Å². The quantitative estimate of drug-likeness (QED) is 0.841. The number of aryl methyl sites for hydroxylation is 2. The number of rotatable bonds is 3. The molecule has 0 amide bonds. The number of aromatic nitrogens is 2. The predicted molar refractivity (Wildman–Crippen MR) is 74.3 cm³/mol. The van der Waals surface area contributed by atoms with E-state index in [4.69, 9.17) is 5.73 Å². The largest absolute Gasteiger partial charge is 0.399 e. The number of nitrogen functional groups attached to an aromatic ring is 1. The Bertz CT molecular complexity index is 768. The zero-order chi connectivity index (χ0) is 15.1. The second-order valence-corrected chi connectivity index (χ2v) is 6.12. The molecule has 1 aromatic heterocycles. The topological polar surface area (TPSA) is 90.0 Å². The van der Waals surface area contributed by atoms with E-state index in [0.29, 0.717) is 17.1 Å². The Morgan fingerprint density at radius 2 is 2.00 bits per heavy atom. The Hall–Kier alpha value is -2.09. The van der Waals surface area contributed by atoms with Crippen LogP contribution in [0.4, 0.5) is 15.8 Å². The lowest BCUT2D eigenvalue weighted by Crippen LogP contribution is -2.16. The van der Waals surface area contributed by atoms with Crippen LogP contribution in [0.5, 0.6) is 0 Å². The summed E-state index contributed by atoms with van der Waals surface area (Å²) in [7, 11) is -2.36. The maximum Gasteiger partial charge on any atom is 0.265 e. The van der Waals surface area contributed by atoms with E-state index < -0.39 is 20.7 Å². The molecule has 2 aromatic rings. The van der Waals surface area contributed by atoms with Gasteiger partial charge in [0.05, 0.1) is 17.1 Å². The molecule has 108 valence electrons. The molecule has 3 N–H and O–H groups in total. The normalized spacial score (nSPS) is 11.6. The molecule has 0 atom stereocenters. The zero-order valence-electron chi connectivity index (χ0n) is 11.3. The summed E-state index contributed by atoms with van der Waals surface area (Å²) in [5.41, 5.74) is 7.17. The van der Waals surface area contributed by atoms with Crippen LogP contribution in [-0.4, -0.2) is 18.2 Å². The monoisotopic (exact) mass is 298 g/mol. The third-order valence-corrected chi connectivity index (χ3v) is 4.35. The summed E-state index contributed by atoms with van der Waals surface area (Å²) >= 11 is 0. The highest BCUT2D eigenvalue weighted by Crippen LogP contribution is 2.25. The molecule has 0 bridgehead atoms. The molecule has 8 heteroatoms. The number of nitrogens with two attached hydrogens (primary N) is 1. The second-order valence-electron chi connectivity index (χ2n) is 4.46. The molecule has 1 aromatic carbocycles. The third-order valence-electron chi connectivity index (χ3n) is 2.99. The Kier molecular flexibility index (Phi) is 3.43. The predicted octanol–water partition coefficient (Wildman–Crippen LogP) is 1.56. The summed E-state index contributed by atoms with van der Waals surface area (Å²) in [5, 5.41) is 4.10. The van der Waals surface area contributed by atoms with Gasteiger partial charge in [-0.3, -0.25) is 9.40 Å². The molecule has 20 heavy (non-hydrogen) atoms. The number of sulfonamides is 1. The fourth-order valence-corrected chi connectivity index (χ4v) is 3.13. The summed E-state index contributed by atoms with van der Waals surface area (Å²) in [4.78, 5) is -0.486. The van der Waals surface area contributed by atoms with E-state index in [1.54, 1.807) is 25.6 Å². The number of hydrogen-bond acceptors (Lipinski definition) is 4. The summed E-state index contributed by atoms with van der Waals surface area (Å²) in [6, 6.07) is 3.40. The van der Waals surface area contributed by atoms with Crippen molar-refractivity contribution in [3.63, 3.8) is 0 Å². The van der Waals surface area contributed by atoms with Gasteiger partial charge in [0.15, 0.2) is 0 Å². The van der Waals surface area contributed by atoms with Crippen molar-refractivity contribution in [2.75, 3.05) is 10.5 Å². The Morgan fingerprint density at radius 1 is 1.35 bits per heavy atom. The van der Waals surface area contributed by atoms with Crippen molar-refractivity contribution >= 4 is 21.4 Å². The molecular formula is C12H15FN4O2S. The van der Waals surface area contributed by atoms with Gasteiger partial charge < -0.3 is 5.73 Å². The smallest absolute Gasteiger partial charge is 0.265 e. The minimum atomic E-state index is -4.06. The highest BCUT2D eigenvalue weighted by molar-refractivity contribution is 7.92. The third kappa shape index (κ3) is 2.46. The zero-order valence-corrected chi connectivity index (χ0v) is 12.1. The molecule has 2 rings (SSSR count). The van der Waals surface area contributed by atoms with Crippen molar-refractivity contribution in [1.29, 1.82) is 0 Å². The van der Waals surface area contributed by atoms with Crippen molar-refractivity contribution in [1.82, 2.24) is 9.78 Å². The average Bonchev–Trinajstić information content (AvgIpc) is 2.59. The van der Waals surface area contributed by atoms with Gasteiger partial charge in [0.1, 0.15) is 10.7 Å². The van der Waals surface area contributed by atoms with Gasteiger partial charge >= 0.3 is 0 Å². The first-order chi connectivity index (χ1) is 9.22. The van der Waals surface area contributed by atoms with Crippen LogP contribution >= 0.6 is 0 Å². The SMILES string of the molecule is Cc1nn(C)c(C)c1NS(=O)(=O)c1cc(N)ccc1F. The number of benzene rings is 1. The standard InChI is InChI=1S/C12H15FN4O2S/c1-7-12(8(2)17(3)15-7)16-20(18,19)11-6-9(14)4-5-10(11)13/h4-6,16H,14H2,1-3H3. The van der Waals surface area contributed by atoms with E-state index in [1.165, 1.54) is 6.07 Å². The summed E-state index contributed by atoms with van der Waals surface area (Å²) < 4.78 is 42.1. The van der Waals surface area contributed by atoms with Crippen molar-refractivity contribution in [3.05, 3.63) is 35.4 Å². The van der Waals surface area contributed by atoms with Crippen LogP contribution in [0.3, 0.4) is 0 Å². The molecule has 6 nitrogen and oxygen atoms in total. The van der Waals surface area contributed by atoms with Gasteiger partial charge in [0, 0.05) is 12.7 Å². The molecule has 0 aliphatic heterocycles. The van der Waals surface area contributed by atoms with Gasteiger partial charge in [-0.25, -0.2) is 12.8 Å². The van der Waals surface area contributed by atoms with Crippen LogP contribution in [0, 0.1) is 19.7 Å². The fourth-order valence-electron chi connectivity index (χ4n) is 1.84. The van der Waals surface area contributed by atoms with Gasteiger partial charge in [-0.05, 0) is 32.0 Å². The van der Waals surface area contributed by atoms with Gasteiger partial charge in [0.25, 0.3) is 10.0 Å². The van der Waals surface area contributed by atoms with Crippen LogP contribution in [0.25, 0.3) is 0 Å². The lowest BCUT2D eigenvalue weighted by atomic mass is 10.3. The lowest BCUT2D eigenvalue weighted by Gasteiger charge is -2.09. The molecule has 0 unspecified atom stereocenters. The van der Waals surface area contributed by atoms with Crippen LogP contribution in [0.1, 0.15) is 11.4 Å². The number of halogens is 1. The highest BCUT2D eigenvalue weighted by atomic mass is 32.2. The van der Waals surface area contributed by atoms with E-state index >= 15 is 0 Å². The van der Waals surface area contributed by atoms with E-state index in [0.717, 1.165) is 12.1 Å². The molecule has 0 saturated heterocycles. The van der Waals surface area contributed by atoms with Crippen LogP contribution in [0.15, 0.2) is 23.1 Å².